The maximum Gasteiger partial charge on any atom is 0.145 e. The Morgan fingerprint density at radius 2 is 1.65 bits per heavy atom. The molecule has 17 heavy (non-hydrogen) atoms. The molecule has 0 spiro atoms. The average molecular weight is 292 g/mol. The van der Waals surface area contributed by atoms with Crippen molar-refractivity contribution in [2.45, 2.75) is 66.7 Å². The van der Waals surface area contributed by atoms with Gasteiger partial charge in [-0.3, -0.25) is 9.59 Å². The predicted octanol–water partition coefficient (Wildman–Crippen LogP) is 3.77. The van der Waals surface area contributed by atoms with Crippen LogP contribution < -0.4 is 0 Å². The van der Waals surface area contributed by atoms with Crippen molar-refractivity contribution in [2.75, 3.05) is 0 Å². The van der Waals surface area contributed by atoms with Crippen LogP contribution in [0.2, 0.25) is 0 Å². The van der Waals surface area contributed by atoms with Crippen LogP contribution in [-0.2, 0) is 29.1 Å². The van der Waals surface area contributed by atoms with E-state index in [0.29, 0.717) is 0 Å². The van der Waals surface area contributed by atoms with Crippen molar-refractivity contribution in [1.29, 1.82) is 0 Å². The summed E-state index contributed by atoms with van der Waals surface area (Å²) in [6, 6.07) is 0. The fourth-order valence-electron chi connectivity index (χ4n) is 1.61. The number of unbranched alkanes of at least 4 members (excludes halogenated alkanes) is 1. The van der Waals surface area contributed by atoms with Gasteiger partial charge in [-0.15, -0.1) is 0 Å². The molecule has 1 atom stereocenters. The fraction of sp³-hybridized carbons (Fsp3) is 0.857. The monoisotopic (exact) mass is 290 g/mol. The third-order valence-corrected chi connectivity index (χ3v) is 3.03. The van der Waals surface area contributed by atoms with Crippen molar-refractivity contribution < 1.29 is 29.1 Å². The van der Waals surface area contributed by atoms with Gasteiger partial charge in [0.25, 0.3) is 0 Å². The number of hydrogen-bond acceptors (Lipinski definition) is 2. The van der Waals surface area contributed by atoms with Gasteiger partial charge >= 0.3 is 0 Å². The van der Waals surface area contributed by atoms with Crippen LogP contribution >= 0.6 is 0 Å². The maximum atomic E-state index is 11.9. The first-order valence-electron chi connectivity index (χ1n) is 6.38. The summed E-state index contributed by atoms with van der Waals surface area (Å²) in [4.78, 5) is 23.7. The van der Waals surface area contributed by atoms with E-state index in [1.165, 1.54) is 0 Å². The quantitative estimate of drug-likeness (QED) is 0.528. The van der Waals surface area contributed by atoms with Gasteiger partial charge in [0, 0.05) is 30.8 Å². The van der Waals surface area contributed by atoms with E-state index >= 15 is 0 Å². The summed E-state index contributed by atoms with van der Waals surface area (Å²) in [5.74, 6) is 0.287. The molecule has 0 fully saturated rings. The van der Waals surface area contributed by atoms with Crippen LogP contribution in [0.25, 0.3) is 0 Å². The second-order valence-corrected chi connectivity index (χ2v) is 5.56. The van der Waals surface area contributed by atoms with Crippen LogP contribution in [0.4, 0.5) is 0 Å². The molecule has 0 rings (SSSR count). The SMILES string of the molecule is CCCCC(CC)C(=O)CC(=O)C(C)(C)C.[Zn]. The number of carbonyl (C=O) groups excluding carboxylic acids is 2. The van der Waals surface area contributed by atoms with Gasteiger partial charge < -0.3 is 0 Å². The van der Waals surface area contributed by atoms with E-state index in [9.17, 15) is 9.59 Å². The molecule has 0 aliphatic heterocycles. The number of Topliss-reactive ketones (excluding diaryl/α,β-unsaturated/α-hetero) is 2. The Balaban J connectivity index is 0. The molecule has 0 aromatic rings. The van der Waals surface area contributed by atoms with E-state index < -0.39 is 5.41 Å². The van der Waals surface area contributed by atoms with E-state index in [1.54, 1.807) is 0 Å². The summed E-state index contributed by atoms with van der Waals surface area (Å²) in [7, 11) is 0. The van der Waals surface area contributed by atoms with Crippen molar-refractivity contribution in [1.82, 2.24) is 0 Å². The van der Waals surface area contributed by atoms with Gasteiger partial charge in [-0.2, -0.15) is 0 Å². The fourth-order valence-corrected chi connectivity index (χ4v) is 1.61. The third-order valence-electron chi connectivity index (χ3n) is 3.03. The van der Waals surface area contributed by atoms with Crippen molar-refractivity contribution in [3.8, 4) is 0 Å². The molecule has 3 heteroatoms. The zero-order valence-electron chi connectivity index (χ0n) is 12.1. The van der Waals surface area contributed by atoms with Crippen LogP contribution in [0, 0.1) is 11.3 Å². The van der Waals surface area contributed by atoms with Crippen molar-refractivity contribution in [3.05, 3.63) is 0 Å². The van der Waals surface area contributed by atoms with Crippen LogP contribution in [0.3, 0.4) is 0 Å². The number of rotatable bonds is 7. The van der Waals surface area contributed by atoms with E-state index in [1.807, 2.05) is 27.7 Å². The first kappa shape index (κ1) is 19.3. The van der Waals surface area contributed by atoms with Crippen LogP contribution in [0.1, 0.15) is 66.7 Å². The first-order chi connectivity index (χ1) is 7.32. The Kier molecular flexibility index (Phi) is 10.2. The third kappa shape index (κ3) is 7.81. The smallest absolute Gasteiger partial charge is 0.145 e. The van der Waals surface area contributed by atoms with Crippen LogP contribution in [0.15, 0.2) is 0 Å². The molecule has 0 amide bonds. The molecule has 2 nitrogen and oxygen atoms in total. The largest absolute Gasteiger partial charge is 0.299 e. The van der Waals surface area contributed by atoms with Crippen LogP contribution in [-0.4, -0.2) is 11.6 Å². The summed E-state index contributed by atoms with van der Waals surface area (Å²) in [5.41, 5.74) is -0.390. The molecule has 96 valence electrons. The second-order valence-electron chi connectivity index (χ2n) is 5.56. The van der Waals surface area contributed by atoms with Gasteiger partial charge in [0.05, 0.1) is 6.42 Å². The van der Waals surface area contributed by atoms with E-state index in [0.717, 1.165) is 25.7 Å². The number of hydrogen-bond donors (Lipinski definition) is 0. The molecule has 0 bridgehead atoms. The maximum absolute atomic E-state index is 11.9. The summed E-state index contributed by atoms with van der Waals surface area (Å²) in [5, 5.41) is 0. The summed E-state index contributed by atoms with van der Waals surface area (Å²) in [6.07, 6.45) is 4.09. The molecule has 0 radical (unpaired) electrons. The Morgan fingerprint density at radius 1 is 1.12 bits per heavy atom. The Hall–Kier alpha value is -0.0366. The minimum Gasteiger partial charge on any atom is -0.299 e. The molecular weight excluding hydrogens is 266 g/mol. The van der Waals surface area contributed by atoms with Gasteiger partial charge in [-0.1, -0.05) is 47.5 Å². The second kappa shape index (κ2) is 8.97. The number of carbonyl (C=O) groups is 2. The summed E-state index contributed by atoms with van der Waals surface area (Å²) < 4.78 is 0. The van der Waals surface area contributed by atoms with Crippen molar-refractivity contribution in [3.63, 3.8) is 0 Å². The van der Waals surface area contributed by atoms with Crippen molar-refractivity contribution in [2.24, 2.45) is 11.3 Å². The Bertz CT molecular complexity index is 241. The zero-order chi connectivity index (χ0) is 12.8. The molecule has 0 aromatic heterocycles. The molecule has 0 saturated heterocycles. The molecule has 0 heterocycles. The van der Waals surface area contributed by atoms with E-state index in [4.69, 9.17) is 0 Å². The molecule has 0 N–H and O–H groups in total. The molecule has 0 aliphatic carbocycles. The topological polar surface area (TPSA) is 34.1 Å². The Labute approximate surface area is 119 Å². The standard InChI is InChI=1S/C14H26O2.Zn/c1-6-8-9-11(7-2)12(15)10-13(16)14(3,4)5;/h11H,6-10H2,1-5H3;. The molecular formula is C14H26O2Zn. The molecule has 0 aliphatic rings. The molecule has 0 saturated carbocycles. The molecule has 0 aromatic carbocycles. The summed E-state index contributed by atoms with van der Waals surface area (Å²) >= 11 is 0. The van der Waals surface area contributed by atoms with Gasteiger partial charge in [-0.25, -0.2) is 0 Å². The van der Waals surface area contributed by atoms with E-state index in [-0.39, 0.29) is 43.4 Å². The minimum atomic E-state index is -0.390. The molecule has 1 unspecified atom stereocenters. The normalized spacial score (nSPS) is 12.8. The van der Waals surface area contributed by atoms with Gasteiger partial charge in [0.1, 0.15) is 11.6 Å². The van der Waals surface area contributed by atoms with E-state index in [2.05, 4.69) is 6.92 Å². The Morgan fingerprint density at radius 3 is 2.00 bits per heavy atom. The first-order valence-corrected chi connectivity index (χ1v) is 6.38. The number of ketones is 2. The van der Waals surface area contributed by atoms with Gasteiger partial charge in [0.2, 0.25) is 0 Å². The predicted molar refractivity (Wildman–Crippen MR) is 67.4 cm³/mol. The van der Waals surface area contributed by atoms with Gasteiger partial charge in [-0.05, 0) is 12.8 Å². The summed E-state index contributed by atoms with van der Waals surface area (Å²) in [6.45, 7) is 9.76. The average Bonchev–Trinajstić information content (AvgIpc) is 2.17. The van der Waals surface area contributed by atoms with Gasteiger partial charge in [0.15, 0.2) is 0 Å². The van der Waals surface area contributed by atoms with Crippen LogP contribution in [0.5, 0.6) is 0 Å². The van der Waals surface area contributed by atoms with Crippen molar-refractivity contribution >= 4 is 11.6 Å². The minimum absolute atomic E-state index is 0. The zero-order valence-corrected chi connectivity index (χ0v) is 15.1.